The van der Waals surface area contributed by atoms with Crippen LogP contribution < -0.4 is 0 Å². The summed E-state index contributed by atoms with van der Waals surface area (Å²) >= 11 is 6.05. The number of carbonyl (C=O) groups excluding carboxylic acids is 1. The van der Waals surface area contributed by atoms with Crippen molar-refractivity contribution in [1.29, 1.82) is 0 Å². The van der Waals surface area contributed by atoms with Gasteiger partial charge in [0.15, 0.2) is 0 Å². The molecule has 3 heteroatoms. The summed E-state index contributed by atoms with van der Waals surface area (Å²) in [6.07, 6.45) is 3.05. The van der Waals surface area contributed by atoms with Crippen molar-refractivity contribution in [3.63, 3.8) is 0 Å². The van der Waals surface area contributed by atoms with E-state index in [1.54, 1.807) is 12.3 Å². The Hall–Kier alpha value is -1.54. The Labute approximate surface area is 98.8 Å². The quantitative estimate of drug-likeness (QED) is 0.759. The van der Waals surface area contributed by atoms with Crippen LogP contribution in [0, 0.1) is 0 Å². The molecule has 0 bridgehead atoms. The summed E-state index contributed by atoms with van der Waals surface area (Å²) in [7, 11) is 0. The number of hydrogen-bond acceptors (Lipinski definition) is 2. The van der Waals surface area contributed by atoms with E-state index in [2.05, 4.69) is 0 Å². The molecule has 0 saturated heterocycles. The van der Waals surface area contributed by atoms with Crippen LogP contribution >= 0.6 is 11.6 Å². The van der Waals surface area contributed by atoms with Crippen molar-refractivity contribution in [2.24, 2.45) is 0 Å². The number of halogens is 1. The van der Waals surface area contributed by atoms with Crippen LogP contribution in [0.4, 0.5) is 0 Å². The second-order valence-corrected chi connectivity index (χ2v) is 3.95. The lowest BCUT2D eigenvalue weighted by molar-refractivity contribution is -0.109. The van der Waals surface area contributed by atoms with E-state index in [4.69, 9.17) is 16.0 Å². The second-order valence-electron chi connectivity index (χ2n) is 3.55. The Morgan fingerprint density at radius 2 is 2.06 bits per heavy atom. The Morgan fingerprint density at radius 3 is 2.69 bits per heavy atom. The van der Waals surface area contributed by atoms with Gasteiger partial charge in [-0.05, 0) is 23.8 Å². The Kier molecular flexibility index (Phi) is 3.42. The molecule has 16 heavy (non-hydrogen) atoms. The molecule has 2 nitrogen and oxygen atoms in total. The van der Waals surface area contributed by atoms with Gasteiger partial charge in [0.05, 0.1) is 6.26 Å². The highest BCUT2D eigenvalue weighted by Gasteiger charge is 2.15. The van der Waals surface area contributed by atoms with E-state index in [1.165, 1.54) is 0 Å². The van der Waals surface area contributed by atoms with Gasteiger partial charge in [-0.15, -0.1) is 0 Å². The van der Waals surface area contributed by atoms with Gasteiger partial charge in [0.2, 0.25) is 0 Å². The summed E-state index contributed by atoms with van der Waals surface area (Å²) in [5, 5.41) is 0.617. The van der Waals surface area contributed by atoms with Crippen molar-refractivity contribution in [2.45, 2.75) is 12.3 Å². The van der Waals surface area contributed by atoms with Crippen LogP contribution in [-0.2, 0) is 11.2 Å². The fourth-order valence-corrected chi connectivity index (χ4v) is 1.93. The van der Waals surface area contributed by atoms with Gasteiger partial charge >= 0.3 is 0 Å². The van der Waals surface area contributed by atoms with Crippen LogP contribution in [0.2, 0.25) is 5.02 Å². The predicted octanol–water partition coefficient (Wildman–Crippen LogP) is 3.46. The van der Waals surface area contributed by atoms with Crippen molar-refractivity contribution in [2.75, 3.05) is 0 Å². The minimum atomic E-state index is -0.250. The van der Waals surface area contributed by atoms with Crippen LogP contribution in [0.5, 0.6) is 0 Å². The molecule has 2 aromatic rings. The maximum atomic E-state index is 11.1. The molecular weight excluding hydrogens is 224 g/mol. The van der Waals surface area contributed by atoms with Crippen molar-refractivity contribution in [3.8, 4) is 0 Å². The highest BCUT2D eigenvalue weighted by molar-refractivity contribution is 6.31. The largest absolute Gasteiger partial charge is 0.469 e. The average Bonchev–Trinajstić information content (AvgIpc) is 2.80. The highest BCUT2D eigenvalue weighted by Crippen LogP contribution is 2.26. The molecule has 0 aliphatic heterocycles. The van der Waals surface area contributed by atoms with E-state index in [0.29, 0.717) is 11.4 Å². The molecule has 0 radical (unpaired) electrons. The lowest BCUT2D eigenvalue weighted by atomic mass is 9.96. The fraction of sp³-hybridized carbons (Fsp3) is 0.154. The molecular formula is C13H11ClO2. The average molecular weight is 235 g/mol. The van der Waals surface area contributed by atoms with Crippen molar-refractivity contribution < 1.29 is 9.21 Å². The fourth-order valence-electron chi connectivity index (χ4n) is 1.65. The van der Waals surface area contributed by atoms with Crippen LogP contribution in [0.1, 0.15) is 17.2 Å². The molecule has 0 saturated carbocycles. The molecule has 2 rings (SSSR count). The number of rotatable bonds is 4. The zero-order valence-corrected chi connectivity index (χ0v) is 9.35. The highest BCUT2D eigenvalue weighted by atomic mass is 35.5. The number of furan rings is 1. The van der Waals surface area contributed by atoms with Crippen molar-refractivity contribution in [3.05, 3.63) is 59.0 Å². The first-order chi connectivity index (χ1) is 7.81. The number of aldehydes is 1. The molecule has 1 unspecified atom stereocenters. The zero-order valence-electron chi connectivity index (χ0n) is 8.60. The summed E-state index contributed by atoms with van der Waals surface area (Å²) in [4.78, 5) is 11.1. The maximum Gasteiger partial charge on any atom is 0.127 e. The van der Waals surface area contributed by atoms with Gasteiger partial charge < -0.3 is 9.21 Å². The number of benzene rings is 1. The van der Waals surface area contributed by atoms with E-state index >= 15 is 0 Å². The summed E-state index contributed by atoms with van der Waals surface area (Å²) in [6.45, 7) is 0. The predicted molar refractivity (Wildman–Crippen MR) is 62.7 cm³/mol. The topological polar surface area (TPSA) is 30.2 Å². The van der Waals surface area contributed by atoms with Gasteiger partial charge in [-0.2, -0.15) is 0 Å². The number of carbonyl (C=O) groups is 1. The normalized spacial score (nSPS) is 12.3. The lowest BCUT2D eigenvalue weighted by Crippen LogP contribution is -2.04. The molecule has 0 N–H and O–H groups in total. The van der Waals surface area contributed by atoms with Gasteiger partial charge in [-0.25, -0.2) is 0 Å². The standard InChI is InChI=1S/C13H11ClO2/c14-13-6-2-1-5-12(13)10(9-15)8-11-4-3-7-16-11/h1-7,9-10H,8H2. The third-order valence-corrected chi connectivity index (χ3v) is 2.81. The molecule has 0 aliphatic carbocycles. The van der Waals surface area contributed by atoms with Gasteiger partial charge in [0.25, 0.3) is 0 Å². The van der Waals surface area contributed by atoms with E-state index in [1.807, 2.05) is 30.3 Å². The molecule has 1 aromatic heterocycles. The zero-order chi connectivity index (χ0) is 11.4. The first-order valence-corrected chi connectivity index (χ1v) is 5.41. The molecule has 0 aliphatic rings. The SMILES string of the molecule is O=CC(Cc1ccco1)c1ccccc1Cl. The summed E-state index contributed by atoms with van der Waals surface area (Å²) < 4.78 is 5.23. The Morgan fingerprint density at radius 1 is 1.25 bits per heavy atom. The van der Waals surface area contributed by atoms with E-state index in [9.17, 15) is 4.79 Å². The summed E-state index contributed by atoms with van der Waals surface area (Å²) in [5.41, 5.74) is 0.843. The third-order valence-electron chi connectivity index (χ3n) is 2.47. The van der Waals surface area contributed by atoms with Crippen LogP contribution in [0.25, 0.3) is 0 Å². The monoisotopic (exact) mass is 234 g/mol. The smallest absolute Gasteiger partial charge is 0.127 e. The van der Waals surface area contributed by atoms with Gasteiger partial charge in [-0.1, -0.05) is 29.8 Å². The summed E-state index contributed by atoms with van der Waals surface area (Å²) in [6, 6.07) is 11.0. The lowest BCUT2D eigenvalue weighted by Gasteiger charge is -2.10. The molecule has 0 amide bonds. The molecule has 1 aromatic carbocycles. The summed E-state index contributed by atoms with van der Waals surface area (Å²) in [5.74, 6) is 0.539. The van der Waals surface area contributed by atoms with Gasteiger partial charge in [-0.3, -0.25) is 0 Å². The first-order valence-electron chi connectivity index (χ1n) is 5.03. The van der Waals surface area contributed by atoms with Gasteiger partial charge in [0, 0.05) is 17.4 Å². The molecule has 1 heterocycles. The van der Waals surface area contributed by atoms with E-state index < -0.39 is 0 Å². The second kappa shape index (κ2) is 4.99. The molecule has 0 fully saturated rings. The van der Waals surface area contributed by atoms with E-state index in [0.717, 1.165) is 17.6 Å². The minimum absolute atomic E-state index is 0.250. The van der Waals surface area contributed by atoms with Crippen molar-refractivity contribution >= 4 is 17.9 Å². The van der Waals surface area contributed by atoms with Crippen LogP contribution in [0.15, 0.2) is 47.1 Å². The minimum Gasteiger partial charge on any atom is -0.469 e. The Balaban J connectivity index is 2.23. The Bertz CT molecular complexity index is 463. The number of hydrogen-bond donors (Lipinski definition) is 0. The van der Waals surface area contributed by atoms with Crippen molar-refractivity contribution in [1.82, 2.24) is 0 Å². The van der Waals surface area contributed by atoms with Gasteiger partial charge in [0.1, 0.15) is 12.0 Å². The van der Waals surface area contributed by atoms with Crippen LogP contribution in [-0.4, -0.2) is 6.29 Å². The third kappa shape index (κ3) is 2.34. The molecule has 1 atom stereocenters. The van der Waals surface area contributed by atoms with E-state index in [-0.39, 0.29) is 5.92 Å². The molecule has 0 spiro atoms. The maximum absolute atomic E-state index is 11.1. The van der Waals surface area contributed by atoms with Crippen LogP contribution in [0.3, 0.4) is 0 Å². The first kappa shape index (κ1) is 11.0. The molecule has 82 valence electrons.